The Balaban J connectivity index is 1.03. The van der Waals surface area contributed by atoms with E-state index < -0.39 is 12.2 Å². The number of nitrogens with zero attached hydrogens (tertiary/aromatic N) is 1. The van der Waals surface area contributed by atoms with Crippen LogP contribution in [0.15, 0.2) is 48.5 Å². The van der Waals surface area contributed by atoms with Gasteiger partial charge in [0.2, 0.25) is 0 Å². The normalized spacial score (nSPS) is 33.6. The van der Waals surface area contributed by atoms with E-state index in [2.05, 4.69) is 25.7 Å². The summed E-state index contributed by atoms with van der Waals surface area (Å²) in [4.78, 5) is 28.2. The average Bonchev–Trinajstić information content (AvgIpc) is 3.53. The highest BCUT2D eigenvalue weighted by Crippen LogP contribution is 2.68. The van der Waals surface area contributed by atoms with E-state index >= 15 is 0 Å². The molecule has 0 radical (unpaired) electrons. The maximum absolute atomic E-state index is 13.3. The molecule has 0 aliphatic heterocycles. The van der Waals surface area contributed by atoms with Crippen molar-refractivity contribution in [1.82, 2.24) is 4.90 Å². The first-order valence-corrected chi connectivity index (χ1v) is 21.3. The lowest BCUT2D eigenvalue weighted by molar-refractivity contribution is -0.207. The molecule has 6 rings (SSSR count). The highest BCUT2D eigenvalue weighted by atomic mass is 35.5. The van der Waals surface area contributed by atoms with Gasteiger partial charge in [-0.05, 0) is 133 Å². The van der Waals surface area contributed by atoms with Crippen LogP contribution in [0.3, 0.4) is 0 Å². The van der Waals surface area contributed by atoms with Crippen LogP contribution in [0.1, 0.15) is 100 Å². The molecule has 2 N–H and O–H groups in total. The highest BCUT2D eigenvalue weighted by molar-refractivity contribution is 6.18. The van der Waals surface area contributed by atoms with Gasteiger partial charge >= 0.3 is 11.9 Å². The van der Waals surface area contributed by atoms with Gasteiger partial charge in [-0.1, -0.05) is 45.0 Å². The molecule has 2 aromatic carbocycles. The Labute approximate surface area is 332 Å². The molecule has 4 fully saturated rings. The van der Waals surface area contributed by atoms with Crippen LogP contribution in [0, 0.1) is 46.3 Å². The van der Waals surface area contributed by atoms with Crippen molar-refractivity contribution in [1.29, 1.82) is 0 Å². The first kappa shape index (κ1) is 41.3. The van der Waals surface area contributed by atoms with E-state index in [4.69, 9.17) is 37.4 Å². The first-order chi connectivity index (χ1) is 25.9. The summed E-state index contributed by atoms with van der Waals surface area (Å²) in [6.07, 6.45) is 5.73. The molecule has 11 atom stereocenters. The number of fused-ring (bicyclic) bond motifs is 5. The number of halogens is 2. The smallest absolute Gasteiger partial charge is 0.338 e. The number of esters is 2. The number of alkyl halides is 2. The lowest BCUT2D eigenvalue weighted by atomic mass is 9.43. The number of carbonyl (C=O) groups is 2. The molecule has 4 aliphatic carbocycles. The fraction of sp³-hybridized carbons (Fsp3) is 0.682. The topological polar surface area (TPSA) is 106 Å². The Morgan fingerprint density at radius 1 is 0.907 bits per heavy atom. The van der Waals surface area contributed by atoms with Gasteiger partial charge in [-0.25, -0.2) is 4.79 Å². The summed E-state index contributed by atoms with van der Waals surface area (Å²) in [7, 11) is 1.63. The van der Waals surface area contributed by atoms with Gasteiger partial charge in [0.25, 0.3) is 0 Å². The maximum Gasteiger partial charge on any atom is 0.338 e. The Kier molecular flexibility index (Phi) is 13.6. The molecular weight excluding hydrogens is 725 g/mol. The summed E-state index contributed by atoms with van der Waals surface area (Å²) >= 11 is 11.9. The van der Waals surface area contributed by atoms with Crippen LogP contribution in [0.4, 0.5) is 0 Å². The van der Waals surface area contributed by atoms with Crippen LogP contribution < -0.4 is 4.74 Å². The van der Waals surface area contributed by atoms with Crippen LogP contribution in [0.2, 0.25) is 0 Å². The molecule has 8 nitrogen and oxygen atoms in total. The molecule has 54 heavy (non-hydrogen) atoms. The fourth-order valence-corrected chi connectivity index (χ4v) is 11.9. The van der Waals surface area contributed by atoms with Gasteiger partial charge in [0.1, 0.15) is 18.5 Å². The Bertz CT molecular complexity index is 1550. The number of aliphatic hydroxyl groups is 2. The van der Waals surface area contributed by atoms with Crippen molar-refractivity contribution in [2.24, 2.45) is 46.3 Å². The largest absolute Gasteiger partial charge is 0.497 e. The van der Waals surface area contributed by atoms with Crippen molar-refractivity contribution >= 4 is 35.1 Å². The van der Waals surface area contributed by atoms with Crippen molar-refractivity contribution in [2.45, 2.75) is 110 Å². The van der Waals surface area contributed by atoms with Crippen LogP contribution in [-0.2, 0) is 27.4 Å². The third kappa shape index (κ3) is 8.63. The minimum Gasteiger partial charge on any atom is -0.497 e. The molecule has 2 aromatic rings. The summed E-state index contributed by atoms with van der Waals surface area (Å²) in [6.45, 7) is 9.32. The number of benzene rings is 2. The van der Waals surface area contributed by atoms with Crippen LogP contribution in [0.5, 0.6) is 5.75 Å². The second-order valence-electron chi connectivity index (χ2n) is 17.3. The second kappa shape index (κ2) is 17.8. The Hall–Kier alpha value is -2.36. The predicted molar refractivity (Wildman–Crippen MR) is 212 cm³/mol. The molecule has 0 aromatic heterocycles. The van der Waals surface area contributed by atoms with Gasteiger partial charge in [0, 0.05) is 37.8 Å². The molecule has 298 valence electrons. The van der Waals surface area contributed by atoms with E-state index in [0.717, 1.165) is 68.6 Å². The molecule has 0 amide bonds. The average molecular weight is 787 g/mol. The number of aliphatic hydroxyl groups excluding tert-OH is 2. The number of hydrogen-bond acceptors (Lipinski definition) is 8. The van der Waals surface area contributed by atoms with E-state index in [0.29, 0.717) is 43.0 Å². The molecule has 10 heteroatoms. The summed E-state index contributed by atoms with van der Waals surface area (Å²) in [5.41, 5.74) is 2.21. The number of hydrogen-bond donors (Lipinski definition) is 2. The summed E-state index contributed by atoms with van der Waals surface area (Å²) < 4.78 is 16.9. The minimum atomic E-state index is -0.473. The lowest BCUT2D eigenvalue weighted by Gasteiger charge is -2.63. The van der Waals surface area contributed by atoms with Crippen molar-refractivity contribution in [3.8, 4) is 5.75 Å². The lowest BCUT2D eigenvalue weighted by Crippen LogP contribution is -2.62. The zero-order chi connectivity index (χ0) is 38.6. The van der Waals surface area contributed by atoms with Crippen molar-refractivity contribution < 1.29 is 34.0 Å². The zero-order valence-corrected chi connectivity index (χ0v) is 34.1. The van der Waals surface area contributed by atoms with E-state index in [-0.39, 0.29) is 71.0 Å². The van der Waals surface area contributed by atoms with Crippen molar-refractivity contribution in [3.63, 3.8) is 0 Å². The van der Waals surface area contributed by atoms with E-state index in [1.165, 1.54) is 0 Å². The number of rotatable bonds is 15. The quantitative estimate of drug-likeness (QED) is 0.137. The number of carbonyl (C=O) groups excluding carboxylic acids is 2. The monoisotopic (exact) mass is 785 g/mol. The third-order valence-electron chi connectivity index (χ3n) is 14.5. The van der Waals surface area contributed by atoms with E-state index in [9.17, 15) is 19.8 Å². The molecule has 0 unspecified atom stereocenters. The first-order valence-electron chi connectivity index (χ1n) is 20.2. The predicted octanol–water partition coefficient (Wildman–Crippen LogP) is 8.26. The molecule has 0 heterocycles. The van der Waals surface area contributed by atoms with Crippen molar-refractivity contribution in [3.05, 3.63) is 65.2 Å². The molecule has 0 bridgehead atoms. The van der Waals surface area contributed by atoms with Gasteiger partial charge < -0.3 is 24.4 Å². The van der Waals surface area contributed by atoms with Crippen LogP contribution in [-0.4, -0.2) is 77.3 Å². The third-order valence-corrected chi connectivity index (χ3v) is 14.9. The summed E-state index contributed by atoms with van der Waals surface area (Å²) in [5, 5.41) is 24.0. The van der Waals surface area contributed by atoms with Gasteiger partial charge in [0.05, 0.1) is 24.9 Å². The van der Waals surface area contributed by atoms with Gasteiger partial charge in [0.15, 0.2) is 0 Å². The van der Waals surface area contributed by atoms with Gasteiger partial charge in [-0.15, -0.1) is 23.2 Å². The molecule has 0 saturated heterocycles. The van der Waals surface area contributed by atoms with Gasteiger partial charge in [-0.3, -0.25) is 9.69 Å². The van der Waals surface area contributed by atoms with Crippen LogP contribution >= 0.6 is 23.2 Å². The SMILES string of the molecule is COc1ccc(COC(=O)CC[C@@H](C)[C@H]2CC[C@H]3[C@@H]4[C@H](O)C[C@@H]5C[C@H](OC(=O)c6ccc(CN(CCCl)CCCl)cc6)CC[C@]5(C)[C@H]4C[C@H](O)[C@]23C)cc1. The minimum absolute atomic E-state index is 0.0357. The standard InChI is InChI=1S/C44H61Cl2NO7/c1-28(5-16-40(50)53-27-30-8-12-33(52-4)13-9-30)35-14-15-36-41-37(25-39(49)44(35,36)3)43(2)18-17-34(23-32(43)24-38(41)48)54-42(51)31-10-6-29(7-11-31)26-47(21-19-45)22-20-46/h6-13,28,32,34-39,41,48-49H,5,14-27H2,1-4H3/t28-,32+,34-,35-,36+,37+,38-,39+,41+,43+,44-/m1/s1. The number of ether oxygens (including phenoxy) is 3. The molecule has 4 saturated carbocycles. The Morgan fingerprint density at radius 2 is 1.59 bits per heavy atom. The molecule has 4 aliphatic rings. The van der Waals surface area contributed by atoms with Crippen molar-refractivity contribution in [2.75, 3.05) is 32.0 Å². The Morgan fingerprint density at radius 3 is 2.26 bits per heavy atom. The highest BCUT2D eigenvalue weighted by Gasteiger charge is 2.65. The fourth-order valence-electron chi connectivity index (χ4n) is 11.5. The van der Waals surface area contributed by atoms with Gasteiger partial charge in [-0.2, -0.15) is 0 Å². The number of methoxy groups -OCH3 is 1. The van der Waals surface area contributed by atoms with E-state index in [1.807, 2.05) is 48.5 Å². The second-order valence-corrected chi connectivity index (χ2v) is 18.0. The van der Waals surface area contributed by atoms with E-state index in [1.54, 1.807) is 7.11 Å². The maximum atomic E-state index is 13.3. The summed E-state index contributed by atoms with van der Waals surface area (Å²) in [5.74, 6) is 2.63. The molecular formula is C44H61Cl2NO7. The summed E-state index contributed by atoms with van der Waals surface area (Å²) in [6, 6.07) is 15.1. The molecule has 0 spiro atoms. The van der Waals surface area contributed by atoms with Crippen LogP contribution in [0.25, 0.3) is 0 Å². The zero-order valence-electron chi connectivity index (χ0n) is 32.6.